The van der Waals surface area contributed by atoms with Gasteiger partial charge in [-0.15, -0.1) is 0 Å². The zero-order chi connectivity index (χ0) is 13.5. The number of benzene rings is 1. The molecule has 0 radical (unpaired) electrons. The molecule has 19 heavy (non-hydrogen) atoms. The number of hydrogen-bond donors (Lipinski definition) is 1. The molecule has 0 amide bonds. The lowest BCUT2D eigenvalue weighted by Gasteiger charge is -2.47. The fraction of sp³-hybridized carbons (Fsp3) is 0.667. The van der Waals surface area contributed by atoms with Crippen molar-refractivity contribution in [3.8, 4) is 0 Å². The van der Waals surface area contributed by atoms with Crippen molar-refractivity contribution in [2.24, 2.45) is 17.8 Å². The van der Waals surface area contributed by atoms with Crippen molar-refractivity contribution in [2.75, 3.05) is 12.4 Å². The molecule has 1 aromatic carbocycles. The Balaban J connectivity index is 1.82. The molecule has 1 N–H and O–H groups in total. The smallest absolute Gasteiger partial charge is 0.0337 e. The Labute approximate surface area is 117 Å². The molecule has 2 aliphatic carbocycles. The van der Waals surface area contributed by atoms with Crippen molar-refractivity contribution in [2.45, 2.75) is 51.4 Å². The second-order valence-electron chi connectivity index (χ2n) is 7.34. The minimum absolute atomic E-state index is 0.417. The second-order valence-corrected chi connectivity index (χ2v) is 7.34. The third-order valence-corrected chi connectivity index (χ3v) is 5.49. The van der Waals surface area contributed by atoms with Crippen LogP contribution >= 0.6 is 0 Å². The Bertz CT molecular complexity index is 416. The maximum absolute atomic E-state index is 3.22. The maximum atomic E-state index is 3.22. The van der Waals surface area contributed by atoms with E-state index in [0.29, 0.717) is 5.41 Å². The third-order valence-electron chi connectivity index (χ3n) is 5.49. The fourth-order valence-electron chi connectivity index (χ4n) is 4.86. The van der Waals surface area contributed by atoms with Gasteiger partial charge in [0.05, 0.1) is 0 Å². The van der Waals surface area contributed by atoms with Gasteiger partial charge in [-0.3, -0.25) is 0 Å². The Morgan fingerprint density at radius 1 is 1.00 bits per heavy atom. The average molecular weight is 257 g/mol. The average Bonchev–Trinajstić information content (AvgIpc) is 2.37. The van der Waals surface area contributed by atoms with Gasteiger partial charge >= 0.3 is 0 Å². The molecule has 104 valence electrons. The highest BCUT2D eigenvalue weighted by molar-refractivity contribution is 5.45. The van der Waals surface area contributed by atoms with Gasteiger partial charge in [0, 0.05) is 12.7 Å². The highest BCUT2D eigenvalue weighted by Crippen LogP contribution is 2.51. The lowest BCUT2D eigenvalue weighted by molar-refractivity contribution is 0.0899. The summed E-state index contributed by atoms with van der Waals surface area (Å²) >= 11 is 0. The Morgan fingerprint density at radius 2 is 1.58 bits per heavy atom. The Hall–Kier alpha value is -0.980. The van der Waals surface area contributed by atoms with E-state index < -0.39 is 0 Å². The zero-order valence-electron chi connectivity index (χ0n) is 12.6. The SMILES string of the molecule is CNc1ccc(C2(C)CC3CC(C)CC(C3)C2)cc1. The highest BCUT2D eigenvalue weighted by Gasteiger charge is 2.41. The van der Waals surface area contributed by atoms with Crippen molar-refractivity contribution < 1.29 is 0 Å². The van der Waals surface area contributed by atoms with Gasteiger partial charge in [-0.25, -0.2) is 0 Å². The second kappa shape index (κ2) is 4.85. The molecule has 1 aromatic rings. The molecule has 1 nitrogen and oxygen atoms in total. The summed E-state index contributed by atoms with van der Waals surface area (Å²) in [5.74, 6) is 2.90. The molecule has 2 unspecified atom stereocenters. The normalized spacial score (nSPS) is 37.9. The van der Waals surface area contributed by atoms with Crippen molar-refractivity contribution >= 4 is 5.69 Å². The van der Waals surface area contributed by atoms with Crippen LogP contribution in [-0.4, -0.2) is 7.05 Å². The number of rotatable bonds is 2. The lowest BCUT2D eigenvalue weighted by Crippen LogP contribution is -2.38. The predicted octanol–water partition coefficient (Wildman–Crippen LogP) is 4.83. The third kappa shape index (κ3) is 2.52. The molecule has 2 saturated carbocycles. The van der Waals surface area contributed by atoms with Gasteiger partial charge in [-0.1, -0.05) is 26.0 Å². The molecular weight excluding hydrogens is 230 g/mol. The van der Waals surface area contributed by atoms with Gasteiger partial charge in [0.15, 0.2) is 0 Å². The molecule has 1 heteroatoms. The lowest BCUT2D eigenvalue weighted by atomic mass is 9.57. The minimum Gasteiger partial charge on any atom is -0.388 e. The molecule has 0 aliphatic heterocycles. The summed E-state index contributed by atoms with van der Waals surface area (Å²) in [4.78, 5) is 0. The van der Waals surface area contributed by atoms with E-state index >= 15 is 0 Å². The number of anilines is 1. The van der Waals surface area contributed by atoms with Gasteiger partial charge in [0.25, 0.3) is 0 Å². The van der Waals surface area contributed by atoms with Crippen molar-refractivity contribution in [3.05, 3.63) is 29.8 Å². The minimum atomic E-state index is 0.417. The van der Waals surface area contributed by atoms with E-state index in [1.807, 2.05) is 7.05 Å². The van der Waals surface area contributed by atoms with E-state index in [9.17, 15) is 0 Å². The number of hydrogen-bond acceptors (Lipinski definition) is 1. The van der Waals surface area contributed by atoms with Crippen LogP contribution in [0.1, 0.15) is 51.5 Å². The fourth-order valence-corrected chi connectivity index (χ4v) is 4.86. The van der Waals surface area contributed by atoms with Crippen LogP contribution in [0.25, 0.3) is 0 Å². The van der Waals surface area contributed by atoms with Crippen LogP contribution in [0.15, 0.2) is 24.3 Å². The van der Waals surface area contributed by atoms with Gasteiger partial charge in [-0.05, 0) is 73.0 Å². The van der Waals surface area contributed by atoms with E-state index in [1.54, 1.807) is 5.56 Å². The molecule has 0 saturated heterocycles. The first-order valence-electron chi connectivity index (χ1n) is 7.87. The first-order valence-corrected chi connectivity index (χ1v) is 7.87. The van der Waals surface area contributed by atoms with E-state index in [-0.39, 0.29) is 0 Å². The molecule has 2 bridgehead atoms. The summed E-state index contributed by atoms with van der Waals surface area (Å²) in [6.07, 6.45) is 7.20. The van der Waals surface area contributed by atoms with Crippen LogP contribution in [-0.2, 0) is 5.41 Å². The summed E-state index contributed by atoms with van der Waals surface area (Å²) in [5.41, 5.74) is 3.19. The van der Waals surface area contributed by atoms with Gasteiger partial charge in [0.1, 0.15) is 0 Å². The van der Waals surface area contributed by atoms with E-state index in [2.05, 4.69) is 43.4 Å². The van der Waals surface area contributed by atoms with Gasteiger partial charge in [-0.2, -0.15) is 0 Å². The van der Waals surface area contributed by atoms with Crippen LogP contribution in [0.4, 0.5) is 5.69 Å². The van der Waals surface area contributed by atoms with Crippen molar-refractivity contribution in [1.29, 1.82) is 0 Å². The zero-order valence-corrected chi connectivity index (χ0v) is 12.6. The monoisotopic (exact) mass is 257 g/mol. The van der Waals surface area contributed by atoms with Gasteiger partial charge < -0.3 is 5.32 Å². The maximum Gasteiger partial charge on any atom is 0.0337 e. The summed E-state index contributed by atoms with van der Waals surface area (Å²) in [6.45, 7) is 4.94. The van der Waals surface area contributed by atoms with Crippen LogP contribution in [0.5, 0.6) is 0 Å². The molecule has 2 aliphatic rings. The first kappa shape index (κ1) is 13.0. The number of nitrogens with one attached hydrogen (secondary N) is 1. The standard InChI is InChI=1S/C18H27N/c1-13-8-14-10-15(9-13)12-18(2,11-14)16-4-6-17(19-3)7-5-16/h4-7,13-15,19H,8-12H2,1-3H3. The molecular formula is C18H27N. The molecule has 3 rings (SSSR count). The Kier molecular flexibility index (Phi) is 3.32. The molecule has 0 aromatic heterocycles. The summed E-state index contributed by atoms with van der Waals surface area (Å²) in [7, 11) is 1.99. The molecule has 2 atom stereocenters. The van der Waals surface area contributed by atoms with Gasteiger partial charge in [0.2, 0.25) is 0 Å². The van der Waals surface area contributed by atoms with E-state index in [0.717, 1.165) is 17.8 Å². The molecule has 2 fully saturated rings. The molecule has 0 heterocycles. The van der Waals surface area contributed by atoms with Crippen LogP contribution < -0.4 is 5.32 Å². The van der Waals surface area contributed by atoms with Crippen LogP contribution in [0.3, 0.4) is 0 Å². The van der Waals surface area contributed by atoms with Crippen LogP contribution in [0, 0.1) is 17.8 Å². The largest absolute Gasteiger partial charge is 0.388 e. The van der Waals surface area contributed by atoms with Crippen molar-refractivity contribution in [1.82, 2.24) is 0 Å². The summed E-state index contributed by atoms with van der Waals surface area (Å²) in [6, 6.07) is 9.15. The van der Waals surface area contributed by atoms with Crippen LogP contribution in [0.2, 0.25) is 0 Å². The number of fused-ring (bicyclic) bond motifs is 2. The van der Waals surface area contributed by atoms with Crippen molar-refractivity contribution in [3.63, 3.8) is 0 Å². The predicted molar refractivity (Wildman–Crippen MR) is 82.6 cm³/mol. The first-order chi connectivity index (χ1) is 9.09. The Morgan fingerprint density at radius 3 is 2.11 bits per heavy atom. The van der Waals surface area contributed by atoms with E-state index in [1.165, 1.54) is 37.8 Å². The summed E-state index contributed by atoms with van der Waals surface area (Å²) < 4.78 is 0. The van der Waals surface area contributed by atoms with E-state index in [4.69, 9.17) is 0 Å². The topological polar surface area (TPSA) is 12.0 Å². The molecule has 0 spiro atoms. The quantitative estimate of drug-likeness (QED) is 0.800. The summed E-state index contributed by atoms with van der Waals surface area (Å²) in [5, 5.41) is 3.22. The highest BCUT2D eigenvalue weighted by atomic mass is 14.8.